The third-order valence-electron chi connectivity index (χ3n) is 6.61. The molecule has 2 aromatic rings. The van der Waals surface area contributed by atoms with Crippen LogP contribution in [0.4, 0.5) is 11.4 Å². The average molecular weight is 567 g/mol. The molecule has 3 N–H and O–H groups in total. The highest BCUT2D eigenvalue weighted by Gasteiger charge is 2.20. The number of hydrogen-bond donors (Lipinski definition) is 3. The van der Waals surface area contributed by atoms with Crippen LogP contribution in [-0.2, 0) is 24.8 Å². The van der Waals surface area contributed by atoms with Crippen LogP contribution in [0.1, 0.15) is 13.3 Å². The zero-order chi connectivity index (χ0) is 27.8. The molecule has 0 aliphatic carbocycles. The fourth-order valence-electron chi connectivity index (χ4n) is 4.27. The molecular weight excluding hydrogens is 528 g/mol. The molecule has 2 heterocycles. The lowest BCUT2D eigenvalue weighted by Gasteiger charge is -2.36. The molecule has 0 bridgehead atoms. The Balaban J connectivity index is 0.000000215. The van der Waals surface area contributed by atoms with Crippen molar-refractivity contribution in [2.45, 2.75) is 23.1 Å². The zero-order valence-corrected chi connectivity index (χ0v) is 23.8. The first kappa shape index (κ1) is 29.8. The molecule has 210 valence electrons. The standard InChI is InChI=1S/C14H21N3O3S.C11H17N3O2S/c1-3-14(18)17-10-8-16(9-11-17)12-4-6-13(7-5-12)21(19,20)15-2;1-12-17(15,16)11-4-2-10(3-5-11)14-8-6-13-7-9-14/h4-7,15H,3,8-11H2,1-2H3;2-5,12-13H,6-9H2,1H3. The van der Waals surface area contributed by atoms with Gasteiger partial charge in [0.05, 0.1) is 9.79 Å². The third-order valence-corrected chi connectivity index (χ3v) is 9.47. The molecule has 1 amide bonds. The number of nitrogens with one attached hydrogen (secondary N) is 3. The molecule has 38 heavy (non-hydrogen) atoms. The van der Waals surface area contributed by atoms with Gasteiger partial charge in [-0.2, -0.15) is 0 Å². The van der Waals surface area contributed by atoms with Crippen molar-refractivity contribution in [3.05, 3.63) is 48.5 Å². The second-order valence-electron chi connectivity index (χ2n) is 8.86. The van der Waals surface area contributed by atoms with Crippen LogP contribution in [0, 0.1) is 0 Å². The first-order valence-corrected chi connectivity index (χ1v) is 15.6. The largest absolute Gasteiger partial charge is 0.369 e. The summed E-state index contributed by atoms with van der Waals surface area (Å²) in [5.41, 5.74) is 2.05. The summed E-state index contributed by atoms with van der Waals surface area (Å²) in [6.07, 6.45) is 0.538. The van der Waals surface area contributed by atoms with Crippen molar-refractivity contribution in [1.29, 1.82) is 0 Å². The van der Waals surface area contributed by atoms with Gasteiger partial charge in [0.1, 0.15) is 0 Å². The highest BCUT2D eigenvalue weighted by Crippen LogP contribution is 2.20. The van der Waals surface area contributed by atoms with Gasteiger partial charge in [0, 0.05) is 70.2 Å². The van der Waals surface area contributed by atoms with Crippen LogP contribution in [0.15, 0.2) is 58.3 Å². The van der Waals surface area contributed by atoms with Crippen molar-refractivity contribution in [2.24, 2.45) is 0 Å². The number of carbonyl (C=O) groups is 1. The third kappa shape index (κ3) is 7.67. The SMILES string of the molecule is CCC(=O)N1CCN(c2ccc(S(=O)(=O)NC)cc2)CC1.CNS(=O)(=O)c1ccc(N2CCNCC2)cc1. The quantitative estimate of drug-likeness (QED) is 0.446. The molecule has 0 aromatic heterocycles. The number of hydrogen-bond acceptors (Lipinski definition) is 8. The van der Waals surface area contributed by atoms with Crippen molar-refractivity contribution >= 4 is 37.3 Å². The van der Waals surface area contributed by atoms with Gasteiger partial charge >= 0.3 is 0 Å². The number of anilines is 2. The van der Waals surface area contributed by atoms with Crippen LogP contribution in [-0.4, -0.2) is 94.1 Å². The lowest BCUT2D eigenvalue weighted by molar-refractivity contribution is -0.131. The van der Waals surface area contributed by atoms with Crippen LogP contribution in [0.2, 0.25) is 0 Å². The smallest absolute Gasteiger partial charge is 0.240 e. The van der Waals surface area contributed by atoms with Gasteiger partial charge in [-0.05, 0) is 62.6 Å². The van der Waals surface area contributed by atoms with Crippen molar-refractivity contribution in [1.82, 2.24) is 19.7 Å². The van der Waals surface area contributed by atoms with Gasteiger partial charge in [0.15, 0.2) is 0 Å². The minimum atomic E-state index is -3.39. The topological polar surface area (TPSA) is 131 Å². The molecule has 2 aliphatic rings. The van der Waals surface area contributed by atoms with Crippen LogP contribution in [0.5, 0.6) is 0 Å². The average Bonchev–Trinajstić information content (AvgIpc) is 2.97. The zero-order valence-electron chi connectivity index (χ0n) is 22.2. The van der Waals surface area contributed by atoms with Gasteiger partial charge in [-0.3, -0.25) is 4.79 Å². The van der Waals surface area contributed by atoms with Crippen molar-refractivity contribution in [3.8, 4) is 0 Å². The summed E-state index contributed by atoms with van der Waals surface area (Å²) in [4.78, 5) is 18.5. The second kappa shape index (κ2) is 13.4. The molecule has 2 fully saturated rings. The van der Waals surface area contributed by atoms with Gasteiger partial charge in [0.2, 0.25) is 26.0 Å². The Morgan fingerprint density at radius 1 is 0.711 bits per heavy atom. The van der Waals surface area contributed by atoms with E-state index in [2.05, 4.69) is 24.6 Å². The van der Waals surface area contributed by atoms with E-state index in [1.807, 2.05) is 36.1 Å². The van der Waals surface area contributed by atoms with E-state index in [4.69, 9.17) is 0 Å². The predicted molar refractivity (Wildman–Crippen MR) is 150 cm³/mol. The Labute approximate surface area is 226 Å². The Hall–Kier alpha value is -2.71. The first-order valence-electron chi connectivity index (χ1n) is 12.7. The molecule has 11 nitrogen and oxygen atoms in total. The molecule has 2 aliphatic heterocycles. The number of carbonyl (C=O) groups excluding carboxylic acids is 1. The summed E-state index contributed by atoms with van der Waals surface area (Å²) < 4.78 is 51.0. The maximum Gasteiger partial charge on any atom is 0.240 e. The molecule has 2 saturated heterocycles. The first-order chi connectivity index (χ1) is 18.1. The summed E-state index contributed by atoms with van der Waals surface area (Å²) in [5, 5.41) is 3.28. The Bertz CT molecular complexity index is 1250. The number of nitrogens with zero attached hydrogens (tertiary/aromatic N) is 3. The van der Waals surface area contributed by atoms with E-state index in [0.29, 0.717) is 24.4 Å². The van der Waals surface area contributed by atoms with E-state index in [9.17, 15) is 21.6 Å². The monoisotopic (exact) mass is 566 g/mol. The minimum Gasteiger partial charge on any atom is -0.369 e. The summed E-state index contributed by atoms with van der Waals surface area (Å²) in [5.74, 6) is 0.185. The molecular formula is C25H38N6O5S2. The molecule has 0 atom stereocenters. The molecule has 0 unspecified atom stereocenters. The van der Waals surface area contributed by atoms with Crippen LogP contribution in [0.25, 0.3) is 0 Å². The number of sulfonamides is 2. The van der Waals surface area contributed by atoms with Crippen molar-refractivity contribution in [2.75, 3.05) is 76.3 Å². The normalized spacial score (nSPS) is 16.6. The molecule has 2 aromatic carbocycles. The van der Waals surface area contributed by atoms with Crippen LogP contribution >= 0.6 is 0 Å². The van der Waals surface area contributed by atoms with E-state index < -0.39 is 20.0 Å². The summed E-state index contributed by atoms with van der Waals surface area (Å²) >= 11 is 0. The Morgan fingerprint density at radius 3 is 1.47 bits per heavy atom. The molecule has 0 saturated carbocycles. The van der Waals surface area contributed by atoms with Gasteiger partial charge in [-0.1, -0.05) is 6.92 Å². The van der Waals surface area contributed by atoms with Gasteiger partial charge < -0.3 is 20.0 Å². The Morgan fingerprint density at radius 2 is 1.11 bits per heavy atom. The van der Waals surface area contributed by atoms with Gasteiger partial charge in [-0.25, -0.2) is 26.3 Å². The number of piperazine rings is 2. The molecule has 4 rings (SSSR count). The minimum absolute atomic E-state index is 0.185. The fraction of sp³-hybridized carbons (Fsp3) is 0.480. The number of amides is 1. The van der Waals surface area contributed by atoms with E-state index >= 15 is 0 Å². The van der Waals surface area contributed by atoms with E-state index in [1.165, 1.54) is 14.1 Å². The summed E-state index contributed by atoms with van der Waals surface area (Å²) in [6, 6.07) is 13.8. The summed E-state index contributed by atoms with van der Waals surface area (Å²) in [6.45, 7) is 8.68. The van der Waals surface area contributed by atoms with E-state index in [1.54, 1.807) is 24.3 Å². The predicted octanol–water partition coefficient (Wildman–Crippen LogP) is 0.658. The lowest BCUT2D eigenvalue weighted by Crippen LogP contribution is -2.48. The summed E-state index contributed by atoms with van der Waals surface area (Å²) in [7, 11) is -3.90. The lowest BCUT2D eigenvalue weighted by atomic mass is 10.2. The maximum absolute atomic E-state index is 11.7. The Kier molecular flexibility index (Phi) is 10.5. The maximum atomic E-state index is 11.7. The number of benzene rings is 2. The van der Waals surface area contributed by atoms with Crippen LogP contribution in [0.3, 0.4) is 0 Å². The van der Waals surface area contributed by atoms with E-state index in [-0.39, 0.29) is 10.8 Å². The second-order valence-corrected chi connectivity index (χ2v) is 12.6. The highest BCUT2D eigenvalue weighted by molar-refractivity contribution is 7.89. The fourth-order valence-corrected chi connectivity index (χ4v) is 5.73. The van der Waals surface area contributed by atoms with E-state index in [0.717, 1.165) is 50.6 Å². The van der Waals surface area contributed by atoms with Crippen molar-refractivity contribution < 1.29 is 21.6 Å². The van der Waals surface area contributed by atoms with Crippen LogP contribution < -0.4 is 24.6 Å². The highest BCUT2D eigenvalue weighted by atomic mass is 32.2. The molecule has 13 heteroatoms. The van der Waals surface area contributed by atoms with Gasteiger partial charge in [0.25, 0.3) is 0 Å². The molecule has 0 radical (unpaired) electrons. The molecule has 0 spiro atoms. The number of rotatable bonds is 7. The van der Waals surface area contributed by atoms with Crippen molar-refractivity contribution in [3.63, 3.8) is 0 Å². The van der Waals surface area contributed by atoms with Gasteiger partial charge in [-0.15, -0.1) is 0 Å².